The van der Waals surface area contributed by atoms with Gasteiger partial charge in [0.2, 0.25) is 0 Å². The summed E-state index contributed by atoms with van der Waals surface area (Å²) in [4.78, 5) is 22.2. The second-order valence-corrected chi connectivity index (χ2v) is 9.96. The van der Waals surface area contributed by atoms with Crippen LogP contribution in [0, 0.1) is 44.3 Å². The van der Waals surface area contributed by atoms with E-state index in [1.165, 1.54) is 5.57 Å². The quantitative estimate of drug-likeness (QED) is 0.578. The van der Waals surface area contributed by atoms with Gasteiger partial charge in [0.1, 0.15) is 6.04 Å². The first kappa shape index (κ1) is 18.3. The zero-order chi connectivity index (χ0) is 18.7. The molecular formula is C21H32N2O3. The highest BCUT2D eigenvalue weighted by Crippen LogP contribution is 2.67. The molecule has 3 saturated carbocycles. The molecule has 4 aliphatic rings. The third kappa shape index (κ3) is 2.38. The fourth-order valence-corrected chi connectivity index (χ4v) is 7.83. The number of hydrogen-bond donors (Lipinski definition) is 1. The van der Waals surface area contributed by atoms with E-state index in [4.69, 9.17) is 0 Å². The van der Waals surface area contributed by atoms with Gasteiger partial charge in [-0.2, -0.15) is 9.81 Å². The molecule has 5 heteroatoms. The summed E-state index contributed by atoms with van der Waals surface area (Å²) >= 11 is 0. The van der Waals surface area contributed by atoms with Gasteiger partial charge in [-0.1, -0.05) is 35.9 Å². The number of aliphatic hydroxyl groups excluding tert-OH is 1. The number of aliphatic hydroxyl groups is 1. The van der Waals surface area contributed by atoms with Gasteiger partial charge in [-0.3, -0.25) is 0 Å². The number of nitrogens with zero attached hydrogens (tertiary/aromatic N) is 2. The van der Waals surface area contributed by atoms with Gasteiger partial charge in [-0.05, 0) is 86.4 Å². The van der Waals surface area contributed by atoms with E-state index in [0.717, 1.165) is 44.9 Å². The Kier molecular flexibility index (Phi) is 4.37. The average molecular weight is 360 g/mol. The summed E-state index contributed by atoms with van der Waals surface area (Å²) < 4.78 is 0. The molecule has 26 heavy (non-hydrogen) atoms. The smallest absolute Gasteiger partial charge is 0.110 e. The lowest BCUT2D eigenvalue weighted by Gasteiger charge is -2.60. The van der Waals surface area contributed by atoms with Crippen molar-refractivity contribution in [1.29, 1.82) is 0 Å². The molecule has 1 N–H and O–H groups in total. The highest BCUT2D eigenvalue weighted by molar-refractivity contribution is 5.27. The Hall–Kier alpha value is -1.10. The lowest BCUT2D eigenvalue weighted by molar-refractivity contribution is -0.129. The first-order chi connectivity index (χ1) is 12.3. The lowest BCUT2D eigenvalue weighted by atomic mass is 9.45. The van der Waals surface area contributed by atoms with E-state index in [1.807, 2.05) is 6.92 Å². The van der Waals surface area contributed by atoms with Crippen molar-refractivity contribution in [2.24, 2.45) is 44.9 Å². The van der Waals surface area contributed by atoms with Gasteiger partial charge in [-0.25, -0.2) is 0 Å². The van der Waals surface area contributed by atoms with Crippen molar-refractivity contribution in [1.82, 2.24) is 0 Å². The molecule has 0 spiro atoms. The maximum Gasteiger partial charge on any atom is 0.110 e. The molecule has 0 bridgehead atoms. The van der Waals surface area contributed by atoms with Crippen LogP contribution in [0.3, 0.4) is 0 Å². The fourth-order valence-electron chi connectivity index (χ4n) is 7.83. The molecule has 9 atom stereocenters. The van der Waals surface area contributed by atoms with Gasteiger partial charge in [0.05, 0.1) is 12.1 Å². The molecular weight excluding hydrogens is 328 g/mol. The summed E-state index contributed by atoms with van der Waals surface area (Å²) in [5, 5.41) is 17.9. The van der Waals surface area contributed by atoms with E-state index in [1.54, 1.807) is 0 Å². The molecule has 0 aliphatic heterocycles. The van der Waals surface area contributed by atoms with Crippen LogP contribution < -0.4 is 0 Å². The third-order valence-corrected chi connectivity index (χ3v) is 8.98. The molecule has 4 rings (SSSR count). The minimum absolute atomic E-state index is 0.00251. The van der Waals surface area contributed by atoms with Crippen molar-refractivity contribution in [2.75, 3.05) is 0 Å². The van der Waals surface area contributed by atoms with Crippen LogP contribution in [-0.4, -0.2) is 23.3 Å². The van der Waals surface area contributed by atoms with Gasteiger partial charge in [0, 0.05) is 0 Å². The van der Waals surface area contributed by atoms with E-state index in [9.17, 15) is 14.9 Å². The Morgan fingerprint density at radius 2 is 1.96 bits per heavy atom. The molecule has 3 fully saturated rings. The Labute approximate surface area is 156 Å². The van der Waals surface area contributed by atoms with Gasteiger partial charge < -0.3 is 5.11 Å². The summed E-state index contributed by atoms with van der Waals surface area (Å²) in [7, 11) is 0. The Morgan fingerprint density at radius 3 is 2.65 bits per heavy atom. The van der Waals surface area contributed by atoms with Crippen LogP contribution in [0.25, 0.3) is 0 Å². The van der Waals surface area contributed by atoms with E-state index in [-0.39, 0.29) is 34.9 Å². The summed E-state index contributed by atoms with van der Waals surface area (Å²) in [5.74, 6) is 1.65. The maximum absolute atomic E-state index is 11.3. The predicted molar refractivity (Wildman–Crippen MR) is 101 cm³/mol. The van der Waals surface area contributed by atoms with Crippen LogP contribution in [-0.2, 0) is 0 Å². The summed E-state index contributed by atoms with van der Waals surface area (Å²) in [5.41, 5.74) is 1.37. The molecule has 4 aliphatic carbocycles. The van der Waals surface area contributed by atoms with Crippen molar-refractivity contribution in [3.05, 3.63) is 21.5 Å². The normalized spacial score (nSPS) is 51.5. The number of fused-ring (bicyclic) bond motifs is 5. The molecule has 0 radical (unpaired) electrons. The van der Waals surface area contributed by atoms with E-state index in [2.05, 4.69) is 30.3 Å². The van der Waals surface area contributed by atoms with E-state index in [0.29, 0.717) is 17.8 Å². The Morgan fingerprint density at radius 1 is 1.19 bits per heavy atom. The van der Waals surface area contributed by atoms with Crippen LogP contribution in [0.4, 0.5) is 0 Å². The Balaban J connectivity index is 1.68. The Bertz CT molecular complexity index is 635. The van der Waals surface area contributed by atoms with E-state index < -0.39 is 0 Å². The monoisotopic (exact) mass is 360 g/mol. The zero-order valence-corrected chi connectivity index (χ0v) is 16.2. The third-order valence-electron chi connectivity index (χ3n) is 8.98. The van der Waals surface area contributed by atoms with E-state index >= 15 is 0 Å². The molecule has 0 aromatic rings. The number of nitroso groups, excluding NO2 is 2. The minimum Gasteiger partial charge on any atom is -0.393 e. The minimum atomic E-state index is -0.338. The van der Waals surface area contributed by atoms with Crippen LogP contribution in [0.15, 0.2) is 22.0 Å². The number of allylic oxidation sites excluding steroid dienone is 1. The van der Waals surface area contributed by atoms with Gasteiger partial charge in [0.25, 0.3) is 0 Å². The molecule has 0 heterocycles. The molecule has 0 aromatic heterocycles. The fraction of sp³-hybridized carbons (Fsp3) is 0.905. The highest BCUT2D eigenvalue weighted by Gasteiger charge is 2.62. The second kappa shape index (κ2) is 6.22. The van der Waals surface area contributed by atoms with Gasteiger partial charge in [0.15, 0.2) is 0 Å². The maximum atomic E-state index is 11.3. The predicted octanol–water partition coefficient (Wildman–Crippen LogP) is 4.83. The topological polar surface area (TPSA) is 79.1 Å². The van der Waals surface area contributed by atoms with Crippen LogP contribution in [0.1, 0.15) is 65.7 Å². The van der Waals surface area contributed by atoms with Gasteiger partial charge in [-0.15, -0.1) is 0 Å². The number of hydrogen-bond acceptors (Lipinski definition) is 5. The summed E-state index contributed by atoms with van der Waals surface area (Å²) in [6, 6.07) is -0.353. The van der Waals surface area contributed by atoms with Crippen LogP contribution in [0.5, 0.6) is 0 Å². The van der Waals surface area contributed by atoms with Crippen LogP contribution in [0.2, 0.25) is 0 Å². The molecule has 5 nitrogen and oxygen atoms in total. The standard InChI is InChI=1S/C21H32N2O3/c1-12(22-25)16-6-7-17-15-5-4-13-10-14(23-26)8-9-20(13,2)19(15)18(24)11-21(16,17)3/h10,12,14-19,24H,4-9,11H2,1-3H3. The molecule has 0 aromatic carbocycles. The van der Waals surface area contributed by atoms with Crippen molar-refractivity contribution >= 4 is 0 Å². The van der Waals surface area contributed by atoms with Crippen molar-refractivity contribution < 1.29 is 5.11 Å². The first-order valence-corrected chi connectivity index (χ1v) is 10.4. The van der Waals surface area contributed by atoms with Gasteiger partial charge >= 0.3 is 0 Å². The number of rotatable bonds is 3. The SMILES string of the molecule is CC(N=O)C1CCC2C3CCC4=CC(N=O)CCC4(C)C3C(O)CC12C. The van der Waals surface area contributed by atoms with Crippen molar-refractivity contribution in [3.8, 4) is 0 Å². The highest BCUT2D eigenvalue weighted by atomic mass is 16.3. The molecule has 144 valence electrons. The second-order valence-electron chi connectivity index (χ2n) is 9.96. The lowest BCUT2D eigenvalue weighted by Crippen LogP contribution is -2.57. The zero-order valence-electron chi connectivity index (χ0n) is 16.2. The summed E-state index contributed by atoms with van der Waals surface area (Å²) in [6.45, 7) is 6.56. The van der Waals surface area contributed by atoms with Crippen molar-refractivity contribution in [2.45, 2.75) is 83.9 Å². The molecule has 0 amide bonds. The average Bonchev–Trinajstić information content (AvgIpc) is 2.96. The molecule has 0 saturated heterocycles. The summed E-state index contributed by atoms with van der Waals surface area (Å²) in [6.07, 6.45) is 8.62. The van der Waals surface area contributed by atoms with Crippen LogP contribution >= 0.6 is 0 Å². The largest absolute Gasteiger partial charge is 0.393 e. The van der Waals surface area contributed by atoms with Crippen molar-refractivity contribution in [3.63, 3.8) is 0 Å². The molecule has 9 unspecified atom stereocenters. The first-order valence-electron chi connectivity index (χ1n) is 10.4.